The van der Waals surface area contributed by atoms with Crippen molar-refractivity contribution in [2.24, 2.45) is 11.7 Å². The lowest BCUT2D eigenvalue weighted by molar-refractivity contribution is 0.271. The lowest BCUT2D eigenvalue weighted by atomic mass is 9.81. The Labute approximate surface area is 186 Å². The Hall–Kier alpha value is 0.137. The van der Waals surface area contributed by atoms with Crippen molar-refractivity contribution in [3.05, 3.63) is 0 Å². The highest BCUT2D eigenvalue weighted by atomic mass is 28.4. The maximum Gasteiger partial charge on any atom is 0.186 e. The fraction of sp³-hybridized carbons (Fsp3) is 1.00. The van der Waals surface area contributed by atoms with E-state index in [0.29, 0.717) is 5.92 Å². The third-order valence-corrected chi connectivity index (χ3v) is 9.51. The molecule has 0 aromatic carbocycles. The monoisotopic (exact) mass is 427 g/mol. The summed E-state index contributed by atoms with van der Waals surface area (Å²) < 4.78 is 5.70. The van der Waals surface area contributed by atoms with E-state index in [0.717, 1.165) is 0 Å². The van der Waals surface area contributed by atoms with Crippen molar-refractivity contribution in [1.29, 1.82) is 0 Å². The van der Waals surface area contributed by atoms with Gasteiger partial charge in [0.05, 0.1) is 0 Å². The quantitative estimate of drug-likeness (QED) is 0.147. The van der Waals surface area contributed by atoms with Crippen LogP contribution in [-0.2, 0) is 4.43 Å². The van der Waals surface area contributed by atoms with Crippen LogP contribution in [-0.4, -0.2) is 21.0 Å². The number of nitrogens with two attached hydrogens (primary N) is 1. The molecular weight excluding hydrogens is 370 g/mol. The lowest BCUT2D eigenvalue weighted by Gasteiger charge is -2.32. The van der Waals surface area contributed by atoms with Gasteiger partial charge in [-0.1, -0.05) is 103 Å². The van der Waals surface area contributed by atoms with E-state index in [9.17, 15) is 0 Å². The Kier molecular flexibility index (Phi) is 17.9. The van der Waals surface area contributed by atoms with E-state index in [2.05, 4.69) is 33.9 Å². The van der Waals surface area contributed by atoms with Crippen LogP contribution in [0.4, 0.5) is 0 Å². The highest BCUT2D eigenvalue weighted by Crippen LogP contribution is 2.28. The number of hydrogen-bond donors (Lipinski definition) is 1. The summed E-state index contributed by atoms with van der Waals surface area (Å²) in [7, 11) is 0.463. The maximum atomic E-state index is 6.50. The van der Waals surface area contributed by atoms with Crippen LogP contribution in [0.2, 0.25) is 19.1 Å². The van der Waals surface area contributed by atoms with Crippen LogP contribution < -0.4 is 5.73 Å². The Bertz CT molecular complexity index is 351. The van der Waals surface area contributed by atoms with Gasteiger partial charge in [-0.15, -0.1) is 0 Å². The van der Waals surface area contributed by atoms with Gasteiger partial charge in [0.1, 0.15) is 0 Å². The largest absolute Gasteiger partial charge is 0.420 e. The Morgan fingerprint density at radius 2 is 1.07 bits per heavy atom. The third-order valence-electron chi connectivity index (χ3n) is 6.84. The molecule has 0 saturated heterocycles. The van der Waals surface area contributed by atoms with E-state index >= 15 is 0 Å². The van der Waals surface area contributed by atoms with Crippen LogP contribution in [0.25, 0.3) is 0 Å². The predicted octanol–water partition coefficient (Wildman–Crippen LogP) is 8.84. The zero-order valence-electron chi connectivity index (χ0n) is 21.3. The summed E-state index contributed by atoms with van der Waals surface area (Å²) in [5.41, 5.74) is 6.45. The second-order valence-electron chi connectivity index (χ2n) is 10.8. The van der Waals surface area contributed by atoms with Gasteiger partial charge >= 0.3 is 0 Å². The molecule has 0 radical (unpaired) electrons. The van der Waals surface area contributed by atoms with Gasteiger partial charge in [0.15, 0.2) is 8.32 Å². The highest BCUT2D eigenvalue weighted by molar-refractivity contribution is 6.71. The Morgan fingerprint density at radius 1 is 0.690 bits per heavy atom. The van der Waals surface area contributed by atoms with Crippen molar-refractivity contribution in [2.45, 2.75) is 155 Å². The summed E-state index contributed by atoms with van der Waals surface area (Å²) in [4.78, 5) is 0. The van der Waals surface area contributed by atoms with E-state index in [1.54, 1.807) is 0 Å². The van der Waals surface area contributed by atoms with Gasteiger partial charge in [-0.25, -0.2) is 0 Å². The normalized spacial score (nSPS) is 13.8. The van der Waals surface area contributed by atoms with Gasteiger partial charge in [0, 0.05) is 12.6 Å². The molecule has 0 aliphatic heterocycles. The first-order valence-corrected chi connectivity index (χ1v) is 16.2. The van der Waals surface area contributed by atoms with Crippen molar-refractivity contribution >= 4 is 8.32 Å². The molecule has 0 aromatic heterocycles. The Balaban J connectivity index is 3.64. The highest BCUT2D eigenvalue weighted by Gasteiger charge is 2.26. The second kappa shape index (κ2) is 17.8. The summed E-state index contributed by atoms with van der Waals surface area (Å²) in [5, 5.41) is 0. The molecule has 0 amide bonds. The topological polar surface area (TPSA) is 35.2 Å². The molecule has 0 saturated carbocycles. The SMILES string of the molecule is CCCCCCCCCCCCCCCCC(CCC[Si](C)(C)OC)C(C)(C)N. The fourth-order valence-electron chi connectivity index (χ4n) is 4.35. The second-order valence-corrected chi connectivity index (χ2v) is 15.2. The molecule has 3 heteroatoms. The average molecular weight is 428 g/mol. The van der Waals surface area contributed by atoms with Crippen molar-refractivity contribution in [3.63, 3.8) is 0 Å². The van der Waals surface area contributed by atoms with Crippen LogP contribution in [0.15, 0.2) is 0 Å². The molecule has 0 aromatic rings. The van der Waals surface area contributed by atoms with E-state index < -0.39 is 8.32 Å². The molecule has 1 atom stereocenters. The molecular formula is C26H57NOSi. The number of unbranched alkanes of at least 4 members (excludes halogenated alkanes) is 13. The van der Waals surface area contributed by atoms with Crippen molar-refractivity contribution in [3.8, 4) is 0 Å². The van der Waals surface area contributed by atoms with Gasteiger partial charge in [0.25, 0.3) is 0 Å². The van der Waals surface area contributed by atoms with Crippen LogP contribution in [0.1, 0.15) is 130 Å². The molecule has 1 unspecified atom stereocenters. The average Bonchev–Trinajstić information content (AvgIpc) is 2.65. The summed E-state index contributed by atoms with van der Waals surface area (Å²) in [5.74, 6) is 0.654. The van der Waals surface area contributed by atoms with Crippen LogP contribution in [0.5, 0.6) is 0 Å². The van der Waals surface area contributed by atoms with E-state index in [-0.39, 0.29) is 5.54 Å². The summed E-state index contributed by atoms with van der Waals surface area (Å²) in [6.45, 7) is 11.4. The smallest absolute Gasteiger partial charge is 0.186 e. The van der Waals surface area contributed by atoms with Gasteiger partial charge in [-0.2, -0.15) is 0 Å². The maximum absolute atomic E-state index is 6.50. The molecule has 0 fully saturated rings. The molecule has 29 heavy (non-hydrogen) atoms. The zero-order valence-corrected chi connectivity index (χ0v) is 22.3. The molecule has 0 aliphatic carbocycles. The molecule has 0 aliphatic rings. The summed E-state index contributed by atoms with van der Waals surface area (Å²) in [6, 6.07) is 1.26. The third kappa shape index (κ3) is 18.6. The molecule has 0 spiro atoms. The number of hydrogen-bond acceptors (Lipinski definition) is 2. The van der Waals surface area contributed by atoms with Crippen LogP contribution >= 0.6 is 0 Å². The first-order chi connectivity index (χ1) is 13.7. The summed E-state index contributed by atoms with van der Waals surface area (Å²) >= 11 is 0. The minimum atomic E-state index is -1.42. The molecule has 0 bridgehead atoms. The minimum absolute atomic E-state index is 0.0463. The van der Waals surface area contributed by atoms with Crippen molar-refractivity contribution in [1.82, 2.24) is 0 Å². The van der Waals surface area contributed by atoms with Crippen LogP contribution in [0.3, 0.4) is 0 Å². The number of rotatable bonds is 21. The van der Waals surface area contributed by atoms with E-state index in [1.807, 2.05) is 7.11 Å². The molecule has 2 N–H and O–H groups in total. The molecule has 0 heterocycles. The van der Waals surface area contributed by atoms with Gasteiger partial charge in [-0.3, -0.25) is 0 Å². The fourth-order valence-corrected chi connectivity index (χ4v) is 5.61. The lowest BCUT2D eigenvalue weighted by Crippen LogP contribution is -2.41. The predicted molar refractivity (Wildman–Crippen MR) is 135 cm³/mol. The van der Waals surface area contributed by atoms with E-state index in [1.165, 1.54) is 115 Å². The van der Waals surface area contributed by atoms with Gasteiger partial charge < -0.3 is 10.2 Å². The first-order valence-electron chi connectivity index (χ1n) is 13.1. The standard InChI is InChI=1S/C26H57NOSi/c1-7-8-9-10-11-12-13-14-15-16-17-18-19-20-22-25(26(2,3)27)23-21-24-29(5,6)28-4/h25H,7-24,27H2,1-6H3. The van der Waals surface area contributed by atoms with Crippen molar-refractivity contribution in [2.75, 3.05) is 7.11 Å². The van der Waals surface area contributed by atoms with Crippen LogP contribution in [0, 0.1) is 5.92 Å². The van der Waals surface area contributed by atoms with E-state index in [4.69, 9.17) is 10.2 Å². The molecule has 176 valence electrons. The van der Waals surface area contributed by atoms with Crippen molar-refractivity contribution < 1.29 is 4.43 Å². The van der Waals surface area contributed by atoms with Gasteiger partial charge in [0.2, 0.25) is 0 Å². The molecule has 0 rings (SSSR count). The molecule has 2 nitrogen and oxygen atoms in total. The Morgan fingerprint density at radius 3 is 1.45 bits per heavy atom. The minimum Gasteiger partial charge on any atom is -0.420 e. The first kappa shape index (κ1) is 29.1. The summed E-state index contributed by atoms with van der Waals surface area (Å²) in [6.07, 6.45) is 23.9. The van der Waals surface area contributed by atoms with Gasteiger partial charge in [-0.05, 0) is 51.7 Å². The zero-order chi connectivity index (χ0) is 22.0.